The van der Waals surface area contributed by atoms with Crippen LogP contribution in [0.2, 0.25) is 5.02 Å². The van der Waals surface area contributed by atoms with Crippen LogP contribution in [0, 0.1) is 13.8 Å². The third kappa shape index (κ3) is 6.65. The molecule has 0 heterocycles. The third-order valence-electron chi connectivity index (χ3n) is 6.12. The van der Waals surface area contributed by atoms with Crippen molar-refractivity contribution in [2.75, 3.05) is 10.8 Å². The zero-order valence-corrected chi connectivity index (χ0v) is 22.5. The van der Waals surface area contributed by atoms with Crippen LogP contribution >= 0.6 is 11.6 Å². The number of halogens is 1. The number of carbonyl (C=O) groups excluding carboxylic acids is 1. The number of nitrogens with zero attached hydrogens (tertiary/aromatic N) is 1. The summed E-state index contributed by atoms with van der Waals surface area (Å²) in [7, 11) is -4.01. The Balaban J connectivity index is 1.85. The predicted molar refractivity (Wildman–Crippen MR) is 144 cm³/mol. The summed E-state index contributed by atoms with van der Waals surface area (Å²) in [5.41, 5.74) is 3.05. The first kappa shape index (κ1) is 26.8. The topological polar surface area (TPSA) is 66.5 Å². The first-order valence-electron chi connectivity index (χ1n) is 11.6. The number of anilines is 1. The fourth-order valence-electron chi connectivity index (χ4n) is 4.26. The molecule has 0 bridgehead atoms. The van der Waals surface area contributed by atoms with E-state index in [0.717, 1.165) is 9.87 Å². The van der Waals surface area contributed by atoms with Crippen LogP contribution in [0.15, 0.2) is 77.7 Å². The Morgan fingerprint density at radius 1 is 1.00 bits per heavy atom. The van der Waals surface area contributed by atoms with Crippen LogP contribution in [0.5, 0.6) is 0 Å². The maximum atomic E-state index is 13.6. The lowest BCUT2D eigenvalue weighted by Crippen LogP contribution is -2.45. The highest BCUT2D eigenvalue weighted by atomic mass is 35.5. The van der Waals surface area contributed by atoms with Gasteiger partial charge in [-0.2, -0.15) is 0 Å². The summed E-state index contributed by atoms with van der Waals surface area (Å²) in [4.78, 5) is 13.3. The molecule has 0 aliphatic heterocycles. The molecule has 3 aromatic rings. The maximum absolute atomic E-state index is 13.6. The number of rotatable bonds is 9. The molecule has 5 nitrogen and oxygen atoms in total. The van der Waals surface area contributed by atoms with E-state index in [-0.39, 0.29) is 28.8 Å². The standard InChI is InChI=1S/C28H33ClN2O3S/c1-20-11-15-25(16-12-20)35(33,34)31(26-17-24(29)14-13-21(26)2)19-27(32)30-22(3)18-28(4,5)23-9-7-6-8-10-23/h6-17,22H,18-19H2,1-5H3,(H,30,32). The van der Waals surface area contributed by atoms with Gasteiger partial charge in [0.1, 0.15) is 6.54 Å². The quantitative estimate of drug-likeness (QED) is 0.381. The molecule has 1 amide bonds. The molecule has 0 aliphatic rings. The van der Waals surface area contributed by atoms with Crippen molar-refractivity contribution < 1.29 is 13.2 Å². The summed E-state index contributed by atoms with van der Waals surface area (Å²) in [6, 6.07) is 21.6. The largest absolute Gasteiger partial charge is 0.352 e. The number of benzene rings is 3. The Morgan fingerprint density at radius 2 is 1.63 bits per heavy atom. The lowest BCUT2D eigenvalue weighted by atomic mass is 9.79. The summed E-state index contributed by atoms with van der Waals surface area (Å²) in [5.74, 6) is -0.378. The first-order chi connectivity index (χ1) is 16.4. The van der Waals surface area contributed by atoms with Crippen LogP contribution in [0.3, 0.4) is 0 Å². The Labute approximate surface area is 214 Å². The zero-order valence-electron chi connectivity index (χ0n) is 20.9. The fraction of sp³-hybridized carbons (Fsp3) is 0.321. The van der Waals surface area contributed by atoms with E-state index in [1.54, 1.807) is 49.4 Å². The van der Waals surface area contributed by atoms with Crippen LogP contribution in [0.1, 0.15) is 43.9 Å². The predicted octanol–water partition coefficient (Wildman–Crippen LogP) is 6.02. The van der Waals surface area contributed by atoms with E-state index in [4.69, 9.17) is 11.6 Å². The van der Waals surface area contributed by atoms with E-state index < -0.39 is 10.0 Å². The van der Waals surface area contributed by atoms with Crippen LogP contribution in [0.25, 0.3) is 0 Å². The maximum Gasteiger partial charge on any atom is 0.264 e. The highest BCUT2D eigenvalue weighted by Crippen LogP contribution is 2.30. The molecule has 3 rings (SSSR count). The lowest BCUT2D eigenvalue weighted by Gasteiger charge is -2.30. The van der Waals surface area contributed by atoms with E-state index in [2.05, 4.69) is 31.3 Å². The van der Waals surface area contributed by atoms with Crippen LogP contribution in [-0.4, -0.2) is 26.9 Å². The van der Waals surface area contributed by atoms with Crippen molar-refractivity contribution in [1.82, 2.24) is 5.32 Å². The van der Waals surface area contributed by atoms with Gasteiger partial charge in [-0.05, 0) is 68.0 Å². The highest BCUT2D eigenvalue weighted by molar-refractivity contribution is 7.92. The van der Waals surface area contributed by atoms with E-state index in [9.17, 15) is 13.2 Å². The minimum Gasteiger partial charge on any atom is -0.352 e. The second kappa shape index (κ2) is 10.8. The number of hydrogen-bond acceptors (Lipinski definition) is 3. The molecule has 0 saturated carbocycles. The van der Waals surface area contributed by atoms with Crippen LogP contribution in [0.4, 0.5) is 5.69 Å². The monoisotopic (exact) mass is 512 g/mol. The van der Waals surface area contributed by atoms with Gasteiger partial charge in [-0.25, -0.2) is 8.42 Å². The minimum atomic E-state index is -4.01. The van der Waals surface area contributed by atoms with Crippen molar-refractivity contribution in [3.05, 3.63) is 94.5 Å². The van der Waals surface area contributed by atoms with Gasteiger partial charge in [0.05, 0.1) is 10.6 Å². The molecular weight excluding hydrogens is 480 g/mol. The summed E-state index contributed by atoms with van der Waals surface area (Å²) >= 11 is 6.21. The van der Waals surface area contributed by atoms with Crippen molar-refractivity contribution in [3.8, 4) is 0 Å². The molecule has 7 heteroatoms. The summed E-state index contributed by atoms with van der Waals surface area (Å²) in [5, 5.41) is 3.39. The number of carbonyl (C=O) groups is 1. The number of aryl methyl sites for hydroxylation is 2. The van der Waals surface area contributed by atoms with Crippen molar-refractivity contribution in [2.45, 2.75) is 57.4 Å². The van der Waals surface area contributed by atoms with Gasteiger partial charge in [0.25, 0.3) is 10.0 Å². The molecule has 3 aromatic carbocycles. The molecule has 0 fully saturated rings. The van der Waals surface area contributed by atoms with Gasteiger partial charge in [0, 0.05) is 11.1 Å². The van der Waals surface area contributed by atoms with Gasteiger partial charge in [-0.15, -0.1) is 0 Å². The average Bonchev–Trinajstić information content (AvgIpc) is 2.79. The number of amides is 1. The van der Waals surface area contributed by atoms with Crippen LogP contribution in [-0.2, 0) is 20.2 Å². The van der Waals surface area contributed by atoms with Crippen molar-refractivity contribution in [3.63, 3.8) is 0 Å². The van der Waals surface area contributed by atoms with E-state index >= 15 is 0 Å². The highest BCUT2D eigenvalue weighted by Gasteiger charge is 2.30. The molecule has 1 atom stereocenters. The number of hydrogen-bond donors (Lipinski definition) is 1. The Morgan fingerprint density at radius 3 is 2.26 bits per heavy atom. The molecule has 1 unspecified atom stereocenters. The van der Waals surface area contributed by atoms with Gasteiger partial charge in [-0.3, -0.25) is 9.10 Å². The molecule has 0 aliphatic carbocycles. The van der Waals surface area contributed by atoms with Gasteiger partial charge in [-0.1, -0.05) is 79.5 Å². The summed E-state index contributed by atoms with van der Waals surface area (Å²) < 4.78 is 28.4. The Bertz CT molecular complexity index is 1270. The minimum absolute atomic E-state index is 0.119. The SMILES string of the molecule is Cc1ccc(S(=O)(=O)N(CC(=O)NC(C)CC(C)(C)c2ccccc2)c2cc(Cl)ccc2C)cc1. The molecule has 0 radical (unpaired) electrons. The van der Waals surface area contributed by atoms with Crippen molar-refractivity contribution >= 4 is 33.2 Å². The molecule has 35 heavy (non-hydrogen) atoms. The van der Waals surface area contributed by atoms with Crippen molar-refractivity contribution in [1.29, 1.82) is 0 Å². The molecular formula is C28H33ClN2O3S. The Hall–Kier alpha value is -2.83. The summed E-state index contributed by atoms with van der Waals surface area (Å²) in [6.07, 6.45) is 0.698. The number of sulfonamides is 1. The van der Waals surface area contributed by atoms with Gasteiger partial charge in [0.2, 0.25) is 5.91 Å². The lowest BCUT2D eigenvalue weighted by molar-refractivity contribution is -0.120. The van der Waals surface area contributed by atoms with Crippen LogP contribution < -0.4 is 9.62 Å². The number of nitrogens with one attached hydrogen (secondary N) is 1. The first-order valence-corrected chi connectivity index (χ1v) is 13.4. The smallest absolute Gasteiger partial charge is 0.264 e. The second-order valence-electron chi connectivity index (χ2n) is 9.68. The van der Waals surface area contributed by atoms with Gasteiger partial charge in [0.15, 0.2) is 0 Å². The Kier molecular flexibility index (Phi) is 8.29. The zero-order chi connectivity index (χ0) is 25.8. The normalized spacial score (nSPS) is 12.7. The molecule has 1 N–H and O–H groups in total. The van der Waals surface area contributed by atoms with Gasteiger partial charge >= 0.3 is 0 Å². The van der Waals surface area contributed by atoms with E-state index in [1.807, 2.05) is 32.0 Å². The van der Waals surface area contributed by atoms with E-state index in [1.165, 1.54) is 5.56 Å². The average molecular weight is 513 g/mol. The molecule has 0 spiro atoms. The van der Waals surface area contributed by atoms with E-state index in [0.29, 0.717) is 22.7 Å². The molecule has 186 valence electrons. The fourth-order valence-corrected chi connectivity index (χ4v) is 5.91. The second-order valence-corrected chi connectivity index (χ2v) is 12.0. The van der Waals surface area contributed by atoms with Gasteiger partial charge < -0.3 is 5.32 Å². The third-order valence-corrected chi connectivity index (χ3v) is 8.12. The van der Waals surface area contributed by atoms with Crippen molar-refractivity contribution in [2.24, 2.45) is 0 Å². The molecule has 0 aromatic heterocycles. The molecule has 0 saturated heterocycles. The summed E-state index contributed by atoms with van der Waals surface area (Å²) in [6.45, 7) is 9.54.